The second-order valence-electron chi connectivity index (χ2n) is 9.28. The minimum atomic E-state index is -0.142. The van der Waals surface area contributed by atoms with Crippen molar-refractivity contribution in [2.45, 2.75) is 110 Å². The molecule has 0 aromatic carbocycles. The molecule has 0 aliphatic carbocycles. The standard InChI is InChI=1S/C29H56O8/c1-3-5-7-9-11-13-15-17-29(31)37-27-25-35-23-21-33-19-18-32-20-22-34-24-26-36-28(30)16-14-12-10-8-6-4-2/h3-27H2,1-2H3. The highest BCUT2D eigenvalue weighted by Crippen LogP contribution is 2.09. The van der Waals surface area contributed by atoms with Crippen molar-refractivity contribution in [1.82, 2.24) is 0 Å². The van der Waals surface area contributed by atoms with Crippen molar-refractivity contribution >= 4 is 11.9 Å². The van der Waals surface area contributed by atoms with Crippen LogP contribution in [0.5, 0.6) is 0 Å². The molecule has 0 heterocycles. The first-order valence-corrected chi connectivity index (χ1v) is 14.8. The van der Waals surface area contributed by atoms with E-state index < -0.39 is 0 Å². The monoisotopic (exact) mass is 532 g/mol. The molecule has 220 valence electrons. The highest BCUT2D eigenvalue weighted by atomic mass is 16.6. The third-order valence-corrected chi connectivity index (χ3v) is 5.82. The van der Waals surface area contributed by atoms with Gasteiger partial charge in [-0.05, 0) is 12.8 Å². The van der Waals surface area contributed by atoms with Gasteiger partial charge in [0.2, 0.25) is 0 Å². The molecule has 0 saturated heterocycles. The van der Waals surface area contributed by atoms with Crippen molar-refractivity contribution < 1.29 is 38.0 Å². The van der Waals surface area contributed by atoms with Crippen LogP contribution in [-0.2, 0) is 38.0 Å². The topological polar surface area (TPSA) is 89.5 Å². The first-order chi connectivity index (χ1) is 18.2. The number of rotatable bonds is 30. The lowest BCUT2D eigenvalue weighted by atomic mass is 10.1. The fourth-order valence-electron chi connectivity index (χ4n) is 3.61. The van der Waals surface area contributed by atoms with E-state index in [1.807, 2.05) is 0 Å². The zero-order chi connectivity index (χ0) is 27.1. The molecule has 0 bridgehead atoms. The molecule has 37 heavy (non-hydrogen) atoms. The van der Waals surface area contributed by atoms with Gasteiger partial charge in [0, 0.05) is 12.8 Å². The Bertz CT molecular complexity index is 487. The zero-order valence-electron chi connectivity index (χ0n) is 23.9. The average molecular weight is 533 g/mol. The molecule has 8 nitrogen and oxygen atoms in total. The van der Waals surface area contributed by atoms with Crippen molar-refractivity contribution in [3.8, 4) is 0 Å². The predicted molar refractivity (Wildman–Crippen MR) is 146 cm³/mol. The van der Waals surface area contributed by atoms with Crippen LogP contribution in [0.2, 0.25) is 0 Å². The van der Waals surface area contributed by atoms with Gasteiger partial charge in [-0.15, -0.1) is 0 Å². The van der Waals surface area contributed by atoms with E-state index >= 15 is 0 Å². The molecule has 0 saturated carbocycles. The SMILES string of the molecule is CCCCCCCCCC(=O)OCCOCCOCCOCCOCCOC(=O)CCCCCCCC. The lowest BCUT2D eigenvalue weighted by Crippen LogP contribution is -2.15. The summed E-state index contributed by atoms with van der Waals surface area (Å²) in [7, 11) is 0. The number of hydrogen-bond acceptors (Lipinski definition) is 8. The summed E-state index contributed by atoms with van der Waals surface area (Å²) in [5.74, 6) is -0.282. The smallest absolute Gasteiger partial charge is 0.305 e. The lowest BCUT2D eigenvalue weighted by molar-refractivity contribution is -0.146. The first-order valence-electron chi connectivity index (χ1n) is 14.8. The van der Waals surface area contributed by atoms with E-state index in [9.17, 15) is 9.59 Å². The van der Waals surface area contributed by atoms with Crippen molar-refractivity contribution in [2.75, 3.05) is 66.1 Å². The van der Waals surface area contributed by atoms with Crippen molar-refractivity contribution in [2.24, 2.45) is 0 Å². The third kappa shape index (κ3) is 30.9. The molecule has 0 atom stereocenters. The Morgan fingerprint density at radius 1 is 0.378 bits per heavy atom. The summed E-state index contributed by atoms with van der Waals surface area (Å²) in [6, 6.07) is 0. The summed E-state index contributed by atoms with van der Waals surface area (Å²) in [4.78, 5) is 23.3. The molecular weight excluding hydrogens is 476 g/mol. The predicted octanol–water partition coefficient (Wildman–Crippen LogP) is 6.03. The Morgan fingerprint density at radius 2 is 0.649 bits per heavy atom. The average Bonchev–Trinajstić information content (AvgIpc) is 2.89. The molecular formula is C29H56O8. The molecule has 0 unspecified atom stereocenters. The summed E-state index contributed by atoms with van der Waals surface area (Å²) in [6.07, 6.45) is 16.3. The lowest BCUT2D eigenvalue weighted by Gasteiger charge is -2.08. The Kier molecular flexibility index (Phi) is 30.0. The van der Waals surface area contributed by atoms with Gasteiger partial charge in [-0.3, -0.25) is 9.59 Å². The number of unbranched alkanes of at least 4 members (excludes halogenated alkanes) is 11. The minimum absolute atomic E-state index is 0.140. The molecule has 0 aromatic heterocycles. The van der Waals surface area contributed by atoms with Gasteiger partial charge in [-0.1, -0.05) is 84.5 Å². The molecule has 0 N–H and O–H groups in total. The van der Waals surface area contributed by atoms with Crippen LogP contribution in [0.3, 0.4) is 0 Å². The highest BCUT2D eigenvalue weighted by molar-refractivity contribution is 5.69. The van der Waals surface area contributed by atoms with Crippen LogP contribution in [-0.4, -0.2) is 78.0 Å². The van der Waals surface area contributed by atoms with Gasteiger partial charge in [0.25, 0.3) is 0 Å². The van der Waals surface area contributed by atoms with Gasteiger partial charge in [0.1, 0.15) is 13.2 Å². The number of ether oxygens (including phenoxy) is 6. The van der Waals surface area contributed by atoms with Crippen LogP contribution < -0.4 is 0 Å². The van der Waals surface area contributed by atoms with Crippen LogP contribution in [0, 0.1) is 0 Å². The Hall–Kier alpha value is -1.22. The Balaban J connectivity index is 3.19. The second kappa shape index (κ2) is 31.0. The van der Waals surface area contributed by atoms with Crippen LogP contribution >= 0.6 is 0 Å². The normalized spacial score (nSPS) is 11.1. The molecule has 0 aliphatic rings. The van der Waals surface area contributed by atoms with Gasteiger partial charge < -0.3 is 28.4 Å². The highest BCUT2D eigenvalue weighted by Gasteiger charge is 2.03. The molecule has 0 radical (unpaired) electrons. The molecule has 0 spiro atoms. The number of hydrogen-bond donors (Lipinski definition) is 0. The van der Waals surface area contributed by atoms with Gasteiger partial charge in [-0.25, -0.2) is 0 Å². The van der Waals surface area contributed by atoms with Crippen LogP contribution in [0.4, 0.5) is 0 Å². The summed E-state index contributed by atoms with van der Waals surface area (Å²) < 4.78 is 32.0. The van der Waals surface area contributed by atoms with E-state index in [2.05, 4.69) is 13.8 Å². The van der Waals surface area contributed by atoms with Crippen molar-refractivity contribution in [3.63, 3.8) is 0 Å². The molecule has 0 aromatic rings. The van der Waals surface area contributed by atoms with Crippen LogP contribution in [0.25, 0.3) is 0 Å². The maximum absolute atomic E-state index is 11.7. The summed E-state index contributed by atoms with van der Waals surface area (Å²) in [6.45, 7) is 8.55. The molecule has 0 aliphatic heterocycles. The van der Waals surface area contributed by atoms with Gasteiger partial charge in [0.05, 0.1) is 52.9 Å². The van der Waals surface area contributed by atoms with Gasteiger partial charge in [-0.2, -0.15) is 0 Å². The maximum Gasteiger partial charge on any atom is 0.305 e. The first kappa shape index (κ1) is 35.8. The molecule has 8 heteroatoms. The van der Waals surface area contributed by atoms with E-state index in [1.165, 1.54) is 57.8 Å². The molecule has 0 fully saturated rings. The fraction of sp³-hybridized carbons (Fsp3) is 0.931. The number of carbonyl (C=O) groups excluding carboxylic acids is 2. The minimum Gasteiger partial charge on any atom is -0.463 e. The molecule has 0 amide bonds. The van der Waals surface area contributed by atoms with Crippen molar-refractivity contribution in [1.29, 1.82) is 0 Å². The fourth-order valence-corrected chi connectivity index (χ4v) is 3.61. The van der Waals surface area contributed by atoms with E-state index in [1.54, 1.807) is 0 Å². The van der Waals surface area contributed by atoms with E-state index in [0.29, 0.717) is 65.7 Å². The summed E-state index contributed by atoms with van der Waals surface area (Å²) in [5, 5.41) is 0. The van der Waals surface area contributed by atoms with Crippen LogP contribution in [0.1, 0.15) is 110 Å². The third-order valence-electron chi connectivity index (χ3n) is 5.82. The Morgan fingerprint density at radius 3 is 0.973 bits per heavy atom. The van der Waals surface area contributed by atoms with Gasteiger partial charge in [0.15, 0.2) is 0 Å². The van der Waals surface area contributed by atoms with E-state index in [0.717, 1.165) is 25.7 Å². The van der Waals surface area contributed by atoms with E-state index in [4.69, 9.17) is 28.4 Å². The van der Waals surface area contributed by atoms with Gasteiger partial charge >= 0.3 is 11.9 Å². The summed E-state index contributed by atoms with van der Waals surface area (Å²) >= 11 is 0. The summed E-state index contributed by atoms with van der Waals surface area (Å²) in [5.41, 5.74) is 0. The number of esters is 2. The maximum atomic E-state index is 11.7. The quantitative estimate of drug-likeness (QED) is 0.0818. The zero-order valence-corrected chi connectivity index (χ0v) is 23.9. The van der Waals surface area contributed by atoms with E-state index in [-0.39, 0.29) is 25.2 Å². The number of carbonyl (C=O) groups is 2. The van der Waals surface area contributed by atoms with Crippen LogP contribution in [0.15, 0.2) is 0 Å². The second-order valence-corrected chi connectivity index (χ2v) is 9.28. The largest absolute Gasteiger partial charge is 0.463 e. The molecule has 0 rings (SSSR count). The van der Waals surface area contributed by atoms with Crippen molar-refractivity contribution in [3.05, 3.63) is 0 Å². The Labute approximate surface area is 226 Å².